The Kier molecular flexibility index (Phi) is 5.77. The molecule has 4 aromatic rings. The molecule has 0 saturated carbocycles. The van der Waals surface area contributed by atoms with E-state index < -0.39 is 17.3 Å². The van der Waals surface area contributed by atoms with E-state index in [0.717, 1.165) is 26.7 Å². The molecule has 0 bridgehead atoms. The van der Waals surface area contributed by atoms with Crippen molar-refractivity contribution in [2.45, 2.75) is 45.9 Å². The molecule has 0 atom stereocenters. The number of carbonyl (C=O) groups excluding carboxylic acids is 1. The second kappa shape index (κ2) is 8.58. The van der Waals surface area contributed by atoms with Gasteiger partial charge in [-0.1, -0.05) is 6.08 Å². The van der Waals surface area contributed by atoms with Crippen LogP contribution in [0.1, 0.15) is 43.3 Å². The Morgan fingerprint density at radius 1 is 1.17 bits per heavy atom. The minimum absolute atomic E-state index is 0.168. The smallest absolute Gasteiger partial charge is 0.420 e. The predicted molar refractivity (Wildman–Crippen MR) is 132 cm³/mol. The summed E-state index contributed by atoms with van der Waals surface area (Å²) in [5.74, 6) is 0. The number of fused-ring (bicyclic) bond motifs is 2. The lowest BCUT2D eigenvalue weighted by atomic mass is 10.1. The largest absolute Gasteiger partial charge is 0.444 e. The maximum atomic E-state index is 13.7. The van der Waals surface area contributed by atoms with Crippen molar-refractivity contribution in [2.24, 2.45) is 0 Å². The Hall–Kier alpha value is -3.47. The van der Waals surface area contributed by atoms with Crippen LogP contribution in [0.15, 0.2) is 36.7 Å². The van der Waals surface area contributed by atoms with Crippen molar-refractivity contribution < 1.29 is 22.7 Å². The van der Waals surface area contributed by atoms with Crippen LogP contribution in [-0.4, -0.2) is 49.3 Å². The highest BCUT2D eigenvalue weighted by molar-refractivity contribution is 7.20. The normalized spacial score (nSPS) is 15.0. The maximum Gasteiger partial charge on any atom is 0.420 e. The van der Waals surface area contributed by atoms with Gasteiger partial charge in [-0.25, -0.2) is 14.3 Å². The maximum absolute atomic E-state index is 13.7. The fraction of sp³-hybridized carbons (Fsp3) is 0.360. The number of nitrogens with zero attached hydrogens (tertiary/aromatic N) is 5. The number of pyridine rings is 1. The number of hydrogen-bond donors (Lipinski definition) is 0. The molecule has 1 aliphatic rings. The summed E-state index contributed by atoms with van der Waals surface area (Å²) in [6, 6.07) is 4.80. The average Bonchev–Trinajstić information content (AvgIpc) is 3.38. The minimum atomic E-state index is -4.56. The Labute approximate surface area is 209 Å². The van der Waals surface area contributed by atoms with Crippen LogP contribution in [0.5, 0.6) is 0 Å². The zero-order valence-corrected chi connectivity index (χ0v) is 21.0. The van der Waals surface area contributed by atoms with Crippen molar-refractivity contribution >= 4 is 38.9 Å². The molecule has 36 heavy (non-hydrogen) atoms. The lowest BCUT2D eigenvalue weighted by molar-refractivity contribution is -0.136. The number of aryl methyl sites for hydroxylation is 1. The van der Waals surface area contributed by atoms with Gasteiger partial charge >= 0.3 is 12.3 Å². The number of carbonyl (C=O) groups is 1. The summed E-state index contributed by atoms with van der Waals surface area (Å²) >= 11 is 1.52. The summed E-state index contributed by atoms with van der Waals surface area (Å²) in [6.45, 7) is 8.13. The van der Waals surface area contributed by atoms with Gasteiger partial charge in [0.25, 0.3) is 0 Å². The zero-order chi connectivity index (χ0) is 25.8. The second-order valence-electron chi connectivity index (χ2n) is 9.72. The van der Waals surface area contributed by atoms with Crippen LogP contribution in [0, 0.1) is 6.92 Å². The zero-order valence-electron chi connectivity index (χ0n) is 20.2. The first-order valence-corrected chi connectivity index (χ1v) is 12.2. The van der Waals surface area contributed by atoms with Gasteiger partial charge in [-0.3, -0.25) is 4.98 Å². The van der Waals surface area contributed by atoms with Crippen molar-refractivity contribution in [3.63, 3.8) is 0 Å². The van der Waals surface area contributed by atoms with E-state index in [0.29, 0.717) is 30.8 Å². The molecule has 0 unspecified atom stereocenters. The van der Waals surface area contributed by atoms with E-state index in [1.54, 1.807) is 11.8 Å². The summed E-state index contributed by atoms with van der Waals surface area (Å²) in [6.07, 6.45) is 0.787. The summed E-state index contributed by atoms with van der Waals surface area (Å²) in [5.41, 5.74) is 1.36. The van der Waals surface area contributed by atoms with E-state index in [1.165, 1.54) is 28.2 Å². The van der Waals surface area contributed by atoms with Crippen molar-refractivity contribution in [1.82, 2.24) is 24.5 Å². The quantitative estimate of drug-likeness (QED) is 0.311. The third-order valence-electron chi connectivity index (χ3n) is 5.69. The molecule has 0 fully saturated rings. The van der Waals surface area contributed by atoms with Gasteiger partial charge in [0.05, 0.1) is 27.8 Å². The van der Waals surface area contributed by atoms with Crippen LogP contribution in [-0.2, 0) is 10.9 Å². The highest BCUT2D eigenvalue weighted by Crippen LogP contribution is 2.37. The summed E-state index contributed by atoms with van der Waals surface area (Å²) in [5, 5.41) is 4.35. The van der Waals surface area contributed by atoms with Gasteiger partial charge in [-0.05, 0) is 57.9 Å². The lowest BCUT2D eigenvalue weighted by Crippen LogP contribution is -2.39. The number of aromatic nitrogens is 4. The van der Waals surface area contributed by atoms with Crippen LogP contribution in [0.2, 0.25) is 0 Å². The second-order valence-corrected chi connectivity index (χ2v) is 10.8. The number of ether oxygens (including phenoxy) is 1. The molecule has 188 valence electrons. The number of imidazole rings is 1. The molecular formula is C25H24F3N5O2S. The van der Waals surface area contributed by atoms with Gasteiger partial charge in [0.2, 0.25) is 0 Å². The van der Waals surface area contributed by atoms with Crippen LogP contribution >= 0.6 is 11.3 Å². The first-order chi connectivity index (χ1) is 16.9. The van der Waals surface area contributed by atoms with E-state index in [-0.39, 0.29) is 17.4 Å². The first-order valence-electron chi connectivity index (χ1n) is 11.4. The number of hydrogen-bond acceptors (Lipinski definition) is 6. The molecule has 0 aliphatic carbocycles. The van der Waals surface area contributed by atoms with E-state index >= 15 is 0 Å². The fourth-order valence-electron chi connectivity index (χ4n) is 4.04. The standard InChI is InChI=1S/C25H24F3N5O2S/c1-14-13-33-22(30-14)17(25(26,27)28)10-18(31-33)16-9-21-19(29-12-16)11-20(36-21)15-5-7-32(8-6-15)23(34)35-24(2,3)4/h5,9-13H,6-8H2,1-4H3. The molecule has 5 heterocycles. The summed E-state index contributed by atoms with van der Waals surface area (Å²) in [4.78, 5) is 23.5. The molecule has 0 saturated heterocycles. The third kappa shape index (κ3) is 4.79. The predicted octanol–water partition coefficient (Wildman–Crippen LogP) is 6.36. The number of thiophene rings is 1. The fourth-order valence-corrected chi connectivity index (χ4v) is 5.17. The topological polar surface area (TPSA) is 72.6 Å². The van der Waals surface area contributed by atoms with Gasteiger partial charge in [0, 0.05) is 29.7 Å². The van der Waals surface area contributed by atoms with Gasteiger partial charge in [0.15, 0.2) is 5.65 Å². The minimum Gasteiger partial charge on any atom is -0.444 e. The van der Waals surface area contributed by atoms with Crippen LogP contribution < -0.4 is 0 Å². The number of rotatable bonds is 2. The molecule has 5 rings (SSSR count). The Bertz CT molecular complexity index is 1510. The average molecular weight is 516 g/mol. The summed E-state index contributed by atoms with van der Waals surface area (Å²) in [7, 11) is 0. The molecule has 11 heteroatoms. The van der Waals surface area contributed by atoms with Crippen molar-refractivity contribution in [3.8, 4) is 11.3 Å². The van der Waals surface area contributed by atoms with Crippen LogP contribution in [0.4, 0.5) is 18.0 Å². The van der Waals surface area contributed by atoms with Gasteiger partial charge in [-0.15, -0.1) is 11.3 Å². The van der Waals surface area contributed by atoms with Crippen molar-refractivity contribution in [2.75, 3.05) is 13.1 Å². The van der Waals surface area contributed by atoms with E-state index in [1.807, 2.05) is 39.0 Å². The SMILES string of the molecule is Cc1cn2nc(-c3cnc4cc(C5=CCN(C(=O)OC(C)(C)C)CC5)sc4c3)cc(C(F)(F)F)c2n1. The molecule has 1 aliphatic heterocycles. The Balaban J connectivity index is 1.44. The molecule has 0 N–H and O–H groups in total. The Morgan fingerprint density at radius 3 is 2.61 bits per heavy atom. The van der Waals surface area contributed by atoms with E-state index in [9.17, 15) is 18.0 Å². The third-order valence-corrected chi connectivity index (χ3v) is 6.84. The van der Waals surface area contributed by atoms with Crippen molar-refractivity contribution in [1.29, 1.82) is 0 Å². The van der Waals surface area contributed by atoms with Crippen LogP contribution in [0.3, 0.4) is 0 Å². The highest BCUT2D eigenvalue weighted by Gasteiger charge is 2.35. The highest BCUT2D eigenvalue weighted by atomic mass is 32.1. The van der Waals surface area contributed by atoms with Gasteiger partial charge < -0.3 is 9.64 Å². The molecule has 1 amide bonds. The van der Waals surface area contributed by atoms with Crippen molar-refractivity contribution in [3.05, 3.63) is 52.8 Å². The van der Waals surface area contributed by atoms with E-state index in [4.69, 9.17) is 4.74 Å². The number of halogens is 3. The van der Waals surface area contributed by atoms with Gasteiger partial charge in [0.1, 0.15) is 11.2 Å². The number of amides is 1. The monoisotopic (exact) mass is 515 g/mol. The number of alkyl halides is 3. The van der Waals surface area contributed by atoms with Gasteiger partial charge in [-0.2, -0.15) is 18.3 Å². The molecule has 0 aromatic carbocycles. The molecule has 0 radical (unpaired) electrons. The molecular weight excluding hydrogens is 491 g/mol. The Morgan fingerprint density at radius 2 is 1.94 bits per heavy atom. The first kappa shape index (κ1) is 24.2. The molecule has 4 aromatic heterocycles. The molecule has 0 spiro atoms. The van der Waals surface area contributed by atoms with E-state index in [2.05, 4.69) is 15.1 Å². The molecule has 7 nitrogen and oxygen atoms in total. The van der Waals surface area contributed by atoms with Crippen LogP contribution in [0.25, 0.3) is 32.7 Å². The lowest BCUT2D eigenvalue weighted by Gasteiger charge is -2.29. The summed E-state index contributed by atoms with van der Waals surface area (Å²) < 4.78 is 48.6.